The first-order valence-electron chi connectivity index (χ1n) is 7.22. The Morgan fingerprint density at radius 3 is 2.40 bits per heavy atom. The molecule has 0 aromatic heterocycles. The fraction of sp³-hybridized carbons (Fsp3) is 0.111. The van der Waals surface area contributed by atoms with Crippen LogP contribution in [0.15, 0.2) is 42.5 Å². The summed E-state index contributed by atoms with van der Waals surface area (Å²) in [4.78, 5) is 23.5. The van der Waals surface area contributed by atoms with Crippen molar-refractivity contribution < 1.29 is 27.5 Å². The quantitative estimate of drug-likeness (QED) is 0.660. The van der Waals surface area contributed by atoms with E-state index in [0.29, 0.717) is 16.7 Å². The van der Waals surface area contributed by atoms with Crippen molar-refractivity contribution in [2.75, 3.05) is 12.4 Å². The van der Waals surface area contributed by atoms with Gasteiger partial charge in [-0.1, -0.05) is 18.2 Å². The fourth-order valence-electron chi connectivity index (χ4n) is 2.51. The minimum absolute atomic E-state index is 0.122. The largest absolute Gasteiger partial charge is 0.465 e. The number of carbonyl (C=O) groups excluding carboxylic acids is 2. The summed E-state index contributed by atoms with van der Waals surface area (Å²) in [5.41, 5.74) is 0.943. The predicted octanol–water partition coefficient (Wildman–Crippen LogP) is 3.98. The third-order valence-electron chi connectivity index (χ3n) is 3.77. The van der Waals surface area contributed by atoms with Gasteiger partial charge in [-0.15, -0.1) is 0 Å². The van der Waals surface area contributed by atoms with Crippen LogP contribution in [0.3, 0.4) is 0 Å². The number of esters is 1. The maximum Gasteiger partial charge on any atom is 0.416 e. The smallest absolute Gasteiger partial charge is 0.416 e. The number of amides is 1. The number of rotatable bonds is 2. The van der Waals surface area contributed by atoms with E-state index in [9.17, 15) is 22.8 Å². The van der Waals surface area contributed by atoms with E-state index in [-0.39, 0.29) is 11.3 Å². The van der Waals surface area contributed by atoms with Gasteiger partial charge in [0.1, 0.15) is 0 Å². The number of halogens is 3. The Hall–Kier alpha value is -3.09. The predicted molar refractivity (Wildman–Crippen MR) is 85.7 cm³/mol. The van der Waals surface area contributed by atoms with E-state index in [2.05, 4.69) is 10.1 Å². The minimum Gasteiger partial charge on any atom is -0.465 e. The summed E-state index contributed by atoms with van der Waals surface area (Å²) >= 11 is 0. The van der Waals surface area contributed by atoms with E-state index >= 15 is 0 Å². The Kier molecular flexibility index (Phi) is 4.08. The topological polar surface area (TPSA) is 55.4 Å². The average Bonchev–Trinajstić information content (AvgIpc) is 2.89. The van der Waals surface area contributed by atoms with Crippen LogP contribution in [-0.4, -0.2) is 19.0 Å². The molecular formula is C18H12F3NO3. The SMILES string of the molecule is COC(=O)c1ccc(/C=C2\C(=O)Nc3cc(C(F)(F)F)ccc32)cc1. The van der Waals surface area contributed by atoms with Crippen molar-refractivity contribution in [3.05, 3.63) is 64.7 Å². The number of fused-ring (bicyclic) bond motifs is 1. The number of hydrogen-bond donors (Lipinski definition) is 1. The van der Waals surface area contributed by atoms with E-state index in [4.69, 9.17) is 0 Å². The lowest BCUT2D eigenvalue weighted by Gasteiger charge is -2.08. The van der Waals surface area contributed by atoms with Gasteiger partial charge in [-0.05, 0) is 35.9 Å². The highest BCUT2D eigenvalue weighted by atomic mass is 19.4. The second kappa shape index (κ2) is 6.08. The molecule has 0 saturated heterocycles. The summed E-state index contributed by atoms with van der Waals surface area (Å²) in [5, 5.41) is 2.44. The molecule has 1 aliphatic rings. The van der Waals surface area contributed by atoms with Gasteiger partial charge in [0.15, 0.2) is 0 Å². The molecule has 0 fully saturated rings. The van der Waals surface area contributed by atoms with Gasteiger partial charge in [0.2, 0.25) is 0 Å². The third-order valence-corrected chi connectivity index (χ3v) is 3.77. The Balaban J connectivity index is 1.95. The van der Waals surface area contributed by atoms with Gasteiger partial charge in [0.25, 0.3) is 5.91 Å². The van der Waals surface area contributed by atoms with Crippen LogP contribution in [0.2, 0.25) is 0 Å². The van der Waals surface area contributed by atoms with E-state index in [1.165, 1.54) is 13.2 Å². The second-order valence-electron chi connectivity index (χ2n) is 5.38. The number of methoxy groups -OCH3 is 1. The Labute approximate surface area is 140 Å². The van der Waals surface area contributed by atoms with E-state index in [1.54, 1.807) is 30.3 Å². The lowest BCUT2D eigenvalue weighted by atomic mass is 10.0. The van der Waals surface area contributed by atoms with E-state index in [0.717, 1.165) is 12.1 Å². The fourth-order valence-corrected chi connectivity index (χ4v) is 2.51. The van der Waals surface area contributed by atoms with E-state index in [1.807, 2.05) is 0 Å². The maximum atomic E-state index is 12.8. The number of alkyl halides is 3. The van der Waals surface area contributed by atoms with Gasteiger partial charge in [-0.3, -0.25) is 4.79 Å². The van der Waals surface area contributed by atoms with Crippen LogP contribution in [0.4, 0.5) is 18.9 Å². The first kappa shape index (κ1) is 16.8. The number of benzene rings is 2. The molecule has 128 valence electrons. The van der Waals surface area contributed by atoms with Crippen LogP contribution in [-0.2, 0) is 15.7 Å². The zero-order chi connectivity index (χ0) is 18.2. The molecular weight excluding hydrogens is 335 g/mol. The van der Waals surface area contributed by atoms with Crippen molar-refractivity contribution in [1.82, 2.24) is 0 Å². The van der Waals surface area contributed by atoms with Crippen LogP contribution >= 0.6 is 0 Å². The van der Waals surface area contributed by atoms with Gasteiger partial charge >= 0.3 is 12.1 Å². The Morgan fingerprint density at radius 1 is 1.12 bits per heavy atom. The molecule has 0 saturated carbocycles. The molecule has 7 heteroatoms. The first-order chi connectivity index (χ1) is 11.8. The van der Waals surface area contributed by atoms with Crippen molar-refractivity contribution in [3.63, 3.8) is 0 Å². The van der Waals surface area contributed by atoms with E-state index < -0.39 is 23.6 Å². The van der Waals surface area contributed by atoms with Crippen LogP contribution in [0.1, 0.15) is 27.0 Å². The highest BCUT2D eigenvalue weighted by molar-refractivity contribution is 6.34. The molecule has 1 N–H and O–H groups in total. The molecule has 1 amide bonds. The van der Waals surface area contributed by atoms with Gasteiger partial charge in [0, 0.05) is 16.8 Å². The van der Waals surface area contributed by atoms with Crippen molar-refractivity contribution in [3.8, 4) is 0 Å². The highest BCUT2D eigenvalue weighted by Crippen LogP contribution is 2.38. The zero-order valence-corrected chi connectivity index (χ0v) is 13.0. The molecule has 1 heterocycles. The maximum absolute atomic E-state index is 12.8. The van der Waals surface area contributed by atoms with Crippen LogP contribution in [0.5, 0.6) is 0 Å². The number of anilines is 1. The number of ether oxygens (including phenoxy) is 1. The van der Waals surface area contributed by atoms with Crippen LogP contribution in [0, 0.1) is 0 Å². The summed E-state index contributed by atoms with van der Waals surface area (Å²) in [5.74, 6) is -0.964. The van der Waals surface area contributed by atoms with Crippen LogP contribution < -0.4 is 5.32 Å². The molecule has 3 rings (SSSR count). The van der Waals surface area contributed by atoms with Crippen molar-refractivity contribution in [2.45, 2.75) is 6.18 Å². The molecule has 25 heavy (non-hydrogen) atoms. The molecule has 0 bridgehead atoms. The molecule has 4 nitrogen and oxygen atoms in total. The Morgan fingerprint density at radius 2 is 1.80 bits per heavy atom. The molecule has 0 spiro atoms. The lowest BCUT2D eigenvalue weighted by Crippen LogP contribution is -2.06. The molecule has 0 atom stereocenters. The van der Waals surface area contributed by atoms with Gasteiger partial charge in [-0.25, -0.2) is 4.79 Å². The van der Waals surface area contributed by atoms with Gasteiger partial charge < -0.3 is 10.1 Å². The normalized spacial score (nSPS) is 15.0. The van der Waals surface area contributed by atoms with Gasteiger partial charge in [-0.2, -0.15) is 13.2 Å². The summed E-state index contributed by atoms with van der Waals surface area (Å²) in [6.07, 6.45) is -2.93. The zero-order valence-electron chi connectivity index (χ0n) is 13.0. The molecule has 0 aliphatic carbocycles. The molecule has 0 radical (unpaired) electrons. The third kappa shape index (κ3) is 3.26. The molecule has 2 aromatic rings. The number of nitrogens with one attached hydrogen (secondary N) is 1. The van der Waals surface area contributed by atoms with Crippen molar-refractivity contribution in [1.29, 1.82) is 0 Å². The average molecular weight is 347 g/mol. The summed E-state index contributed by atoms with van der Waals surface area (Å²) in [7, 11) is 1.27. The number of carbonyl (C=O) groups is 2. The Bertz CT molecular complexity index is 883. The first-order valence-corrected chi connectivity index (χ1v) is 7.22. The summed E-state index contributed by atoms with van der Waals surface area (Å²) in [6.45, 7) is 0. The molecule has 2 aromatic carbocycles. The molecule has 0 unspecified atom stereocenters. The highest BCUT2D eigenvalue weighted by Gasteiger charge is 2.33. The van der Waals surface area contributed by atoms with Crippen molar-refractivity contribution in [2.24, 2.45) is 0 Å². The van der Waals surface area contributed by atoms with Gasteiger partial charge in [0.05, 0.1) is 18.2 Å². The summed E-state index contributed by atoms with van der Waals surface area (Å²) < 4.78 is 42.9. The second-order valence-corrected chi connectivity index (χ2v) is 5.38. The standard InChI is InChI=1S/C18H12F3NO3/c1-25-17(24)11-4-2-10(3-5-11)8-14-13-7-6-12(18(19,20)21)9-15(13)22-16(14)23/h2-9H,1H3,(H,22,23)/b14-8-. The lowest BCUT2D eigenvalue weighted by molar-refractivity contribution is -0.137. The molecule has 1 aliphatic heterocycles. The monoisotopic (exact) mass is 347 g/mol. The minimum atomic E-state index is -4.48. The summed E-state index contributed by atoms with van der Waals surface area (Å²) in [6, 6.07) is 9.44. The van der Waals surface area contributed by atoms with Crippen LogP contribution in [0.25, 0.3) is 11.6 Å². The number of hydrogen-bond acceptors (Lipinski definition) is 3. The van der Waals surface area contributed by atoms with Crippen molar-refractivity contribution >= 4 is 29.2 Å².